The average Bonchev–Trinajstić information content (AvgIpc) is 2.96. The van der Waals surface area contributed by atoms with Crippen molar-refractivity contribution < 1.29 is 14.6 Å². The first-order valence-corrected chi connectivity index (χ1v) is 7.35. The molecule has 0 spiro atoms. The standard InChI is InChI=1S/C16H22N4O3/c1-11(21)10-18-16(22)19-14(15-17-8-9-20(15)2)12-4-6-13(23-3)7-5-12/h4-9,11,14,21H,10H2,1-3H3,(H2,18,19,22). The summed E-state index contributed by atoms with van der Waals surface area (Å²) in [4.78, 5) is 16.4. The zero-order valence-corrected chi connectivity index (χ0v) is 13.5. The molecule has 7 heteroatoms. The number of benzene rings is 1. The SMILES string of the molecule is COc1ccc(C(NC(=O)NCC(C)O)c2nccn2C)cc1. The Hall–Kier alpha value is -2.54. The van der Waals surface area contributed by atoms with E-state index in [0.29, 0.717) is 5.82 Å². The van der Waals surface area contributed by atoms with E-state index in [2.05, 4.69) is 15.6 Å². The van der Waals surface area contributed by atoms with Crippen molar-refractivity contribution in [2.75, 3.05) is 13.7 Å². The number of nitrogens with one attached hydrogen (secondary N) is 2. The summed E-state index contributed by atoms with van der Waals surface area (Å²) < 4.78 is 7.01. The molecule has 2 unspecified atom stereocenters. The van der Waals surface area contributed by atoms with Gasteiger partial charge in [-0.25, -0.2) is 9.78 Å². The fourth-order valence-corrected chi connectivity index (χ4v) is 2.17. The Bertz CT molecular complexity index is 637. The highest BCUT2D eigenvalue weighted by Gasteiger charge is 2.20. The third-order valence-corrected chi connectivity index (χ3v) is 3.40. The molecular weight excluding hydrogens is 296 g/mol. The summed E-state index contributed by atoms with van der Waals surface area (Å²) in [7, 11) is 3.47. The molecule has 2 amide bonds. The summed E-state index contributed by atoms with van der Waals surface area (Å²) in [6, 6.07) is 6.66. The second kappa shape index (κ2) is 7.64. The fraction of sp³-hybridized carbons (Fsp3) is 0.375. The van der Waals surface area contributed by atoms with Crippen LogP contribution >= 0.6 is 0 Å². The Morgan fingerprint density at radius 2 is 2.09 bits per heavy atom. The van der Waals surface area contributed by atoms with Crippen LogP contribution in [0.15, 0.2) is 36.7 Å². The maximum atomic E-state index is 12.1. The van der Waals surface area contributed by atoms with Gasteiger partial charge in [0.25, 0.3) is 0 Å². The molecule has 0 radical (unpaired) electrons. The Labute approximate surface area is 135 Å². The number of hydrogen-bond donors (Lipinski definition) is 3. The molecule has 2 atom stereocenters. The van der Waals surface area contributed by atoms with Gasteiger partial charge in [-0.05, 0) is 24.6 Å². The predicted molar refractivity (Wildman–Crippen MR) is 86.3 cm³/mol. The van der Waals surface area contributed by atoms with E-state index in [1.165, 1.54) is 0 Å². The van der Waals surface area contributed by atoms with Crippen LogP contribution in [0.5, 0.6) is 5.75 Å². The predicted octanol–water partition coefficient (Wildman–Crippen LogP) is 1.20. The van der Waals surface area contributed by atoms with Crippen LogP contribution in [0.1, 0.15) is 24.4 Å². The minimum Gasteiger partial charge on any atom is -0.497 e. The third-order valence-electron chi connectivity index (χ3n) is 3.40. The first-order chi connectivity index (χ1) is 11.0. The molecule has 0 saturated carbocycles. The van der Waals surface area contributed by atoms with Gasteiger partial charge in [-0.15, -0.1) is 0 Å². The highest BCUT2D eigenvalue weighted by atomic mass is 16.5. The van der Waals surface area contributed by atoms with E-state index in [1.807, 2.05) is 42.1 Å². The van der Waals surface area contributed by atoms with Crippen LogP contribution < -0.4 is 15.4 Å². The highest BCUT2D eigenvalue weighted by Crippen LogP contribution is 2.22. The van der Waals surface area contributed by atoms with Gasteiger partial charge in [-0.3, -0.25) is 0 Å². The van der Waals surface area contributed by atoms with Crippen LogP contribution in [-0.2, 0) is 7.05 Å². The number of aromatic nitrogens is 2. The number of aliphatic hydroxyl groups is 1. The molecule has 23 heavy (non-hydrogen) atoms. The molecule has 0 fully saturated rings. The molecule has 1 heterocycles. The van der Waals surface area contributed by atoms with Crippen LogP contribution in [0.25, 0.3) is 0 Å². The Kier molecular flexibility index (Phi) is 5.59. The molecule has 2 rings (SSSR count). The number of methoxy groups -OCH3 is 1. The topological polar surface area (TPSA) is 88.4 Å². The summed E-state index contributed by atoms with van der Waals surface area (Å²) in [6.45, 7) is 1.79. The number of carbonyl (C=O) groups excluding carboxylic acids is 1. The zero-order valence-electron chi connectivity index (χ0n) is 13.5. The summed E-state index contributed by atoms with van der Waals surface area (Å²) in [5.74, 6) is 1.45. The number of aliphatic hydroxyl groups excluding tert-OH is 1. The minimum atomic E-state index is -0.603. The summed E-state index contributed by atoms with van der Waals surface area (Å²) in [6.07, 6.45) is 2.90. The Morgan fingerprint density at radius 3 is 2.61 bits per heavy atom. The van der Waals surface area contributed by atoms with Gasteiger partial charge >= 0.3 is 6.03 Å². The van der Waals surface area contributed by atoms with Crippen molar-refractivity contribution in [3.05, 3.63) is 48.0 Å². The quantitative estimate of drug-likeness (QED) is 0.747. The summed E-state index contributed by atoms with van der Waals surface area (Å²) in [5, 5.41) is 14.8. The number of hydrogen-bond acceptors (Lipinski definition) is 4. The molecule has 124 valence electrons. The zero-order chi connectivity index (χ0) is 16.8. The number of rotatable bonds is 6. The number of nitrogens with zero attached hydrogens (tertiary/aromatic N) is 2. The number of aryl methyl sites for hydroxylation is 1. The van der Waals surface area contributed by atoms with Crippen molar-refractivity contribution in [1.29, 1.82) is 0 Å². The number of amides is 2. The van der Waals surface area contributed by atoms with Crippen molar-refractivity contribution in [1.82, 2.24) is 20.2 Å². The number of urea groups is 1. The van der Waals surface area contributed by atoms with Crippen molar-refractivity contribution in [2.45, 2.75) is 19.1 Å². The maximum Gasteiger partial charge on any atom is 0.315 e. The molecule has 7 nitrogen and oxygen atoms in total. The second-order valence-corrected chi connectivity index (χ2v) is 5.31. The minimum absolute atomic E-state index is 0.182. The Morgan fingerprint density at radius 1 is 1.39 bits per heavy atom. The van der Waals surface area contributed by atoms with Gasteiger partial charge < -0.3 is 25.0 Å². The van der Waals surface area contributed by atoms with E-state index in [4.69, 9.17) is 4.74 Å². The van der Waals surface area contributed by atoms with Crippen molar-refractivity contribution in [3.8, 4) is 5.75 Å². The summed E-state index contributed by atoms with van der Waals surface area (Å²) >= 11 is 0. The molecule has 3 N–H and O–H groups in total. The Balaban J connectivity index is 2.21. The highest BCUT2D eigenvalue weighted by molar-refractivity contribution is 5.74. The van der Waals surface area contributed by atoms with Gasteiger partial charge in [0, 0.05) is 26.0 Å². The van der Waals surface area contributed by atoms with Gasteiger partial charge in [0.2, 0.25) is 0 Å². The second-order valence-electron chi connectivity index (χ2n) is 5.31. The van der Waals surface area contributed by atoms with Crippen LogP contribution in [0, 0.1) is 0 Å². The van der Waals surface area contributed by atoms with Gasteiger partial charge in [-0.2, -0.15) is 0 Å². The lowest BCUT2D eigenvalue weighted by Gasteiger charge is -2.20. The van der Waals surface area contributed by atoms with E-state index in [0.717, 1.165) is 11.3 Å². The number of imidazole rings is 1. The van der Waals surface area contributed by atoms with E-state index < -0.39 is 12.1 Å². The lowest BCUT2D eigenvalue weighted by molar-refractivity contribution is 0.187. The molecule has 1 aromatic heterocycles. The lowest BCUT2D eigenvalue weighted by atomic mass is 10.1. The number of carbonyl (C=O) groups is 1. The van der Waals surface area contributed by atoms with Crippen molar-refractivity contribution >= 4 is 6.03 Å². The van der Waals surface area contributed by atoms with Crippen molar-refractivity contribution in [3.63, 3.8) is 0 Å². The molecule has 0 aliphatic rings. The fourth-order valence-electron chi connectivity index (χ4n) is 2.17. The lowest BCUT2D eigenvalue weighted by Crippen LogP contribution is -2.41. The molecule has 0 aliphatic carbocycles. The first-order valence-electron chi connectivity index (χ1n) is 7.35. The van der Waals surface area contributed by atoms with Crippen LogP contribution in [-0.4, -0.2) is 40.4 Å². The molecule has 2 aromatic rings. The monoisotopic (exact) mass is 318 g/mol. The average molecular weight is 318 g/mol. The van der Waals surface area contributed by atoms with Gasteiger partial charge in [0.05, 0.1) is 13.2 Å². The smallest absolute Gasteiger partial charge is 0.315 e. The van der Waals surface area contributed by atoms with Gasteiger partial charge in [0.1, 0.15) is 17.6 Å². The molecular formula is C16H22N4O3. The maximum absolute atomic E-state index is 12.1. The molecule has 0 aliphatic heterocycles. The van der Waals surface area contributed by atoms with Gasteiger partial charge in [0.15, 0.2) is 0 Å². The first kappa shape index (κ1) is 16.8. The number of ether oxygens (including phenoxy) is 1. The van der Waals surface area contributed by atoms with E-state index >= 15 is 0 Å². The molecule has 0 bridgehead atoms. The summed E-state index contributed by atoms with van der Waals surface area (Å²) in [5.41, 5.74) is 0.882. The third kappa shape index (κ3) is 4.46. The van der Waals surface area contributed by atoms with E-state index in [9.17, 15) is 9.90 Å². The van der Waals surface area contributed by atoms with Crippen LogP contribution in [0.3, 0.4) is 0 Å². The normalized spacial score (nSPS) is 13.2. The molecule has 0 saturated heterocycles. The largest absolute Gasteiger partial charge is 0.497 e. The van der Waals surface area contributed by atoms with Crippen LogP contribution in [0.4, 0.5) is 4.79 Å². The van der Waals surface area contributed by atoms with Crippen molar-refractivity contribution in [2.24, 2.45) is 7.05 Å². The van der Waals surface area contributed by atoms with E-state index in [-0.39, 0.29) is 12.6 Å². The van der Waals surface area contributed by atoms with E-state index in [1.54, 1.807) is 20.2 Å². The van der Waals surface area contributed by atoms with Gasteiger partial charge in [-0.1, -0.05) is 12.1 Å². The molecule has 1 aromatic carbocycles. The van der Waals surface area contributed by atoms with Crippen LogP contribution in [0.2, 0.25) is 0 Å².